The molecule has 0 unspecified atom stereocenters. The minimum absolute atomic E-state index is 0.0438. The quantitative estimate of drug-likeness (QED) is 0.0861. The first-order valence-corrected chi connectivity index (χ1v) is 11.1. The Labute approximate surface area is 206 Å². The Bertz CT molecular complexity index is 1550. The summed E-state index contributed by atoms with van der Waals surface area (Å²) in [7, 11) is 0. The summed E-state index contributed by atoms with van der Waals surface area (Å²) in [4.78, 5) is 39.1. The third-order valence-corrected chi connectivity index (χ3v) is 5.72. The summed E-state index contributed by atoms with van der Waals surface area (Å²) >= 11 is 0. The Balaban J connectivity index is 1.91. The van der Waals surface area contributed by atoms with E-state index in [1.165, 1.54) is 19.1 Å². The van der Waals surface area contributed by atoms with Crippen LogP contribution < -0.4 is 0 Å². The average molecular weight is 485 g/mol. The number of non-ortho nitro benzene ring substituents is 1. The molecule has 0 saturated carbocycles. The van der Waals surface area contributed by atoms with Crippen LogP contribution in [0, 0.1) is 17.0 Å². The molecular formula is C27H23N3O6. The highest BCUT2D eigenvalue weighted by Crippen LogP contribution is 2.33. The number of nitro benzene ring substituents is 1. The summed E-state index contributed by atoms with van der Waals surface area (Å²) in [6.07, 6.45) is 1.09. The fraction of sp³-hybridized carbons (Fsp3) is 0.148. The van der Waals surface area contributed by atoms with E-state index in [9.17, 15) is 19.7 Å². The molecule has 1 heterocycles. The van der Waals surface area contributed by atoms with Crippen molar-refractivity contribution in [2.45, 2.75) is 20.4 Å². The van der Waals surface area contributed by atoms with E-state index in [2.05, 4.69) is 11.7 Å². The van der Waals surface area contributed by atoms with Gasteiger partial charge in [-0.15, -0.1) is 0 Å². The van der Waals surface area contributed by atoms with Crippen LogP contribution in [0.25, 0.3) is 21.8 Å². The van der Waals surface area contributed by atoms with Crippen molar-refractivity contribution in [3.63, 3.8) is 0 Å². The highest BCUT2D eigenvalue weighted by molar-refractivity contribution is 6.17. The van der Waals surface area contributed by atoms with Gasteiger partial charge in [0.25, 0.3) is 5.69 Å². The molecule has 9 heteroatoms. The number of nitrogens with zero attached hydrogens (tertiary/aromatic N) is 3. The van der Waals surface area contributed by atoms with Gasteiger partial charge in [-0.25, -0.2) is 9.59 Å². The van der Waals surface area contributed by atoms with Gasteiger partial charge in [-0.1, -0.05) is 42.1 Å². The van der Waals surface area contributed by atoms with E-state index in [4.69, 9.17) is 9.57 Å². The summed E-state index contributed by atoms with van der Waals surface area (Å²) in [5, 5.41) is 17.0. The molecule has 0 fully saturated rings. The maximum Gasteiger partial charge on any atom is 0.332 e. The number of nitro groups is 1. The van der Waals surface area contributed by atoms with Gasteiger partial charge < -0.3 is 14.1 Å². The van der Waals surface area contributed by atoms with Crippen molar-refractivity contribution in [3.05, 3.63) is 100 Å². The van der Waals surface area contributed by atoms with E-state index >= 15 is 0 Å². The van der Waals surface area contributed by atoms with E-state index in [-0.39, 0.29) is 12.3 Å². The minimum Gasteiger partial charge on any atom is -0.461 e. The molecule has 182 valence electrons. The third-order valence-electron chi connectivity index (χ3n) is 5.72. The predicted octanol–water partition coefficient (Wildman–Crippen LogP) is 5.06. The summed E-state index contributed by atoms with van der Waals surface area (Å²) < 4.78 is 7.09. The molecular weight excluding hydrogens is 462 g/mol. The highest BCUT2D eigenvalue weighted by atomic mass is 16.7. The molecule has 0 spiro atoms. The monoisotopic (exact) mass is 485 g/mol. The Kier molecular flexibility index (Phi) is 6.91. The Morgan fingerprint density at radius 1 is 1.08 bits per heavy atom. The fourth-order valence-corrected chi connectivity index (χ4v) is 4.10. The van der Waals surface area contributed by atoms with Gasteiger partial charge in [0.05, 0.1) is 11.5 Å². The van der Waals surface area contributed by atoms with Crippen molar-refractivity contribution in [3.8, 4) is 0 Å². The molecule has 0 radical (unpaired) electrons. The molecule has 0 N–H and O–H groups in total. The summed E-state index contributed by atoms with van der Waals surface area (Å²) in [6, 6.07) is 17.8. The number of aromatic nitrogens is 1. The Morgan fingerprint density at radius 2 is 1.78 bits per heavy atom. The molecule has 0 amide bonds. The molecule has 4 rings (SSSR count). The van der Waals surface area contributed by atoms with Crippen LogP contribution in [0.3, 0.4) is 0 Å². The minimum atomic E-state index is -0.552. The number of carbonyl (C=O) groups excluding carboxylic acids is 2. The highest BCUT2D eigenvalue weighted by Gasteiger charge is 2.18. The second-order valence-electron chi connectivity index (χ2n) is 8.05. The van der Waals surface area contributed by atoms with Gasteiger partial charge >= 0.3 is 11.9 Å². The molecule has 0 saturated heterocycles. The van der Waals surface area contributed by atoms with Crippen molar-refractivity contribution in [1.29, 1.82) is 0 Å². The van der Waals surface area contributed by atoms with Crippen molar-refractivity contribution in [2.75, 3.05) is 6.61 Å². The van der Waals surface area contributed by atoms with Crippen molar-refractivity contribution < 1.29 is 24.1 Å². The predicted molar refractivity (Wildman–Crippen MR) is 136 cm³/mol. The molecule has 0 atom stereocenters. The van der Waals surface area contributed by atoms with Gasteiger partial charge in [0.15, 0.2) is 0 Å². The zero-order valence-corrected chi connectivity index (χ0v) is 19.8. The molecule has 9 nitrogen and oxygen atoms in total. The van der Waals surface area contributed by atoms with Crippen LogP contribution in [0.1, 0.15) is 23.6 Å². The number of hydrogen-bond acceptors (Lipinski definition) is 7. The van der Waals surface area contributed by atoms with Crippen molar-refractivity contribution in [2.24, 2.45) is 5.16 Å². The summed E-state index contributed by atoms with van der Waals surface area (Å²) in [6.45, 7) is 7.04. The number of benzene rings is 3. The number of carbonyl (C=O) groups is 2. The molecule has 3 aromatic carbocycles. The molecule has 0 aliphatic carbocycles. The molecule has 0 aliphatic heterocycles. The van der Waals surface area contributed by atoms with E-state index in [0.717, 1.165) is 33.6 Å². The van der Waals surface area contributed by atoms with Crippen molar-refractivity contribution >= 4 is 45.1 Å². The number of aryl methyl sites for hydroxylation is 1. The average Bonchev–Trinajstić information content (AvgIpc) is 3.17. The summed E-state index contributed by atoms with van der Waals surface area (Å²) in [5.74, 6) is -1.08. The van der Waals surface area contributed by atoms with Gasteiger partial charge in [-0.2, -0.15) is 0 Å². The molecule has 0 bridgehead atoms. The first-order chi connectivity index (χ1) is 17.3. The third kappa shape index (κ3) is 4.85. The lowest BCUT2D eigenvalue weighted by atomic mass is 9.97. The van der Waals surface area contributed by atoms with Crippen LogP contribution in [0.15, 0.2) is 78.5 Å². The topological polar surface area (TPSA) is 113 Å². The SMILES string of the molecule is C=CC(=O)OCCn1c2ccc(C(=NOC(C)=O)c3ccccc3C)cc2c2cc([N+](=O)[O-])ccc21. The van der Waals surface area contributed by atoms with E-state index in [1.807, 2.05) is 54.0 Å². The van der Waals surface area contributed by atoms with Gasteiger partial charge in [-0.05, 0) is 30.7 Å². The Morgan fingerprint density at radius 3 is 2.44 bits per heavy atom. The van der Waals surface area contributed by atoms with E-state index in [0.29, 0.717) is 23.2 Å². The lowest BCUT2D eigenvalue weighted by Crippen LogP contribution is -2.10. The molecule has 4 aromatic rings. The maximum absolute atomic E-state index is 11.5. The zero-order chi connectivity index (χ0) is 25.8. The van der Waals surface area contributed by atoms with Crippen LogP contribution in [-0.2, 0) is 25.7 Å². The first kappa shape index (κ1) is 24.3. The van der Waals surface area contributed by atoms with Crippen LogP contribution >= 0.6 is 0 Å². The smallest absolute Gasteiger partial charge is 0.332 e. The van der Waals surface area contributed by atoms with Gasteiger partial charge in [0.1, 0.15) is 12.3 Å². The van der Waals surface area contributed by atoms with Crippen LogP contribution in [0.5, 0.6) is 0 Å². The van der Waals surface area contributed by atoms with E-state index < -0.39 is 16.9 Å². The molecule has 0 aliphatic rings. The first-order valence-electron chi connectivity index (χ1n) is 11.1. The number of ether oxygens (including phenoxy) is 1. The number of esters is 1. The summed E-state index contributed by atoms with van der Waals surface area (Å²) in [5.41, 5.74) is 4.34. The normalized spacial score (nSPS) is 11.4. The van der Waals surface area contributed by atoms with Crippen LogP contribution in [0.2, 0.25) is 0 Å². The lowest BCUT2D eigenvalue weighted by molar-refractivity contribution is -0.384. The number of rotatable bonds is 8. The van der Waals surface area contributed by atoms with Gasteiger partial charge in [0.2, 0.25) is 0 Å². The van der Waals surface area contributed by atoms with Crippen molar-refractivity contribution in [1.82, 2.24) is 4.57 Å². The van der Waals surface area contributed by atoms with Gasteiger partial charge in [-0.3, -0.25) is 10.1 Å². The zero-order valence-electron chi connectivity index (χ0n) is 19.8. The second kappa shape index (κ2) is 10.2. The van der Waals surface area contributed by atoms with Crippen LogP contribution in [-0.4, -0.2) is 33.7 Å². The van der Waals surface area contributed by atoms with Gasteiger partial charge in [0, 0.05) is 58.1 Å². The van der Waals surface area contributed by atoms with E-state index in [1.54, 1.807) is 6.07 Å². The lowest BCUT2D eigenvalue weighted by Gasteiger charge is -2.11. The second-order valence-corrected chi connectivity index (χ2v) is 8.05. The maximum atomic E-state index is 11.5. The fourth-order valence-electron chi connectivity index (χ4n) is 4.10. The van der Waals surface area contributed by atoms with Crippen LogP contribution in [0.4, 0.5) is 5.69 Å². The standard InChI is InChI=1S/C27H23N3O6/c1-4-26(32)35-14-13-29-24-11-9-19(15-22(24)23-16-20(30(33)34)10-12-25(23)29)27(28-36-18(3)31)21-8-6-5-7-17(21)2/h4-12,15-16H,1,13-14H2,2-3H3. The molecule has 36 heavy (non-hydrogen) atoms. The largest absolute Gasteiger partial charge is 0.461 e. The number of hydrogen-bond donors (Lipinski definition) is 0. The Hall–Kier alpha value is -4.79. The number of fused-ring (bicyclic) bond motifs is 3. The number of oxime groups is 1. The molecule has 1 aromatic heterocycles.